The molecule has 0 unspecified atom stereocenters. The highest BCUT2D eigenvalue weighted by Crippen LogP contribution is 2.51. The molecular weight excluding hydrogens is 693 g/mol. The lowest BCUT2D eigenvalue weighted by molar-refractivity contribution is 0.477. The van der Waals surface area contributed by atoms with Gasteiger partial charge in [0.2, 0.25) is 0 Å². The van der Waals surface area contributed by atoms with Crippen LogP contribution in [0.5, 0.6) is 11.5 Å². The first-order chi connectivity index (χ1) is 28.3. The van der Waals surface area contributed by atoms with Crippen molar-refractivity contribution in [1.82, 2.24) is 4.57 Å². The second-order valence-electron chi connectivity index (χ2n) is 14.9. The van der Waals surface area contributed by atoms with Crippen molar-refractivity contribution in [2.24, 2.45) is 0 Å². The zero-order valence-corrected chi connectivity index (χ0v) is 30.9. The Balaban J connectivity index is 0.988. The van der Waals surface area contributed by atoms with Gasteiger partial charge in [-0.15, -0.1) is 0 Å². The van der Waals surface area contributed by atoms with Crippen LogP contribution in [-0.4, -0.2) is 4.57 Å². The molecule has 0 N–H and O–H groups in total. The van der Waals surface area contributed by atoms with Crippen molar-refractivity contribution in [3.05, 3.63) is 206 Å². The number of ether oxygens (including phenoxy) is 1. The third kappa shape index (κ3) is 4.92. The Bertz CT molecular complexity index is 3360. The van der Waals surface area contributed by atoms with E-state index in [9.17, 15) is 0 Å². The van der Waals surface area contributed by atoms with Gasteiger partial charge in [-0.05, 0) is 121 Å². The molecule has 3 heteroatoms. The topological polar surface area (TPSA) is 17.4 Å². The molecule has 0 amide bonds. The van der Waals surface area contributed by atoms with Crippen LogP contribution in [0.1, 0.15) is 0 Å². The normalized spacial score (nSPS) is 12.3. The first-order valence-corrected chi connectivity index (χ1v) is 19.5. The minimum Gasteiger partial charge on any atom is -0.453 e. The summed E-state index contributed by atoms with van der Waals surface area (Å²) in [6.07, 6.45) is 0. The molecule has 57 heavy (non-hydrogen) atoms. The Morgan fingerprint density at radius 2 is 0.825 bits per heavy atom. The number of para-hydroxylation sites is 4. The van der Waals surface area contributed by atoms with Crippen LogP contribution < -0.4 is 9.64 Å². The van der Waals surface area contributed by atoms with Gasteiger partial charge in [0, 0.05) is 22.1 Å². The van der Waals surface area contributed by atoms with Crippen LogP contribution in [0.3, 0.4) is 0 Å². The van der Waals surface area contributed by atoms with Crippen molar-refractivity contribution in [3.63, 3.8) is 0 Å². The van der Waals surface area contributed by atoms with E-state index in [1.54, 1.807) is 0 Å². The maximum Gasteiger partial charge on any atom is 0.152 e. The van der Waals surface area contributed by atoms with Gasteiger partial charge < -0.3 is 14.2 Å². The van der Waals surface area contributed by atoms with Gasteiger partial charge in [0.1, 0.15) is 0 Å². The molecule has 3 nitrogen and oxygen atoms in total. The monoisotopic (exact) mass is 726 g/mol. The first kappa shape index (κ1) is 31.7. The summed E-state index contributed by atoms with van der Waals surface area (Å²) in [6.45, 7) is 0. The fourth-order valence-corrected chi connectivity index (χ4v) is 9.13. The van der Waals surface area contributed by atoms with Crippen LogP contribution in [-0.2, 0) is 0 Å². The zero-order chi connectivity index (χ0) is 37.5. The lowest BCUT2D eigenvalue weighted by Crippen LogP contribution is -2.15. The summed E-state index contributed by atoms with van der Waals surface area (Å²) in [4.78, 5) is 2.28. The Morgan fingerprint density at radius 1 is 0.281 bits per heavy atom. The Hall–Kier alpha value is -7.62. The van der Waals surface area contributed by atoms with Gasteiger partial charge in [-0.2, -0.15) is 0 Å². The van der Waals surface area contributed by atoms with Crippen molar-refractivity contribution < 1.29 is 4.74 Å². The number of aromatic nitrogens is 1. The van der Waals surface area contributed by atoms with Gasteiger partial charge in [-0.3, -0.25) is 0 Å². The van der Waals surface area contributed by atoms with Crippen LogP contribution in [0.4, 0.5) is 17.1 Å². The molecule has 0 bridgehead atoms. The first-order valence-electron chi connectivity index (χ1n) is 19.5. The summed E-state index contributed by atoms with van der Waals surface area (Å²) in [5.74, 6) is 1.68. The summed E-state index contributed by atoms with van der Waals surface area (Å²) in [6, 6.07) is 74.4. The minimum absolute atomic E-state index is 0.836. The highest BCUT2D eigenvalue weighted by molar-refractivity contribution is 6.25. The van der Waals surface area contributed by atoms with Crippen LogP contribution >= 0.6 is 0 Å². The zero-order valence-electron chi connectivity index (χ0n) is 30.9. The number of rotatable bonds is 4. The number of benzene rings is 10. The van der Waals surface area contributed by atoms with E-state index < -0.39 is 0 Å². The van der Waals surface area contributed by atoms with Gasteiger partial charge in [-0.25, -0.2) is 0 Å². The fraction of sp³-hybridized carbons (Fsp3) is 0. The molecule has 10 aromatic carbocycles. The third-order valence-corrected chi connectivity index (χ3v) is 11.7. The fourth-order valence-electron chi connectivity index (χ4n) is 9.13. The van der Waals surface area contributed by atoms with Crippen LogP contribution in [0, 0.1) is 0 Å². The summed E-state index contributed by atoms with van der Waals surface area (Å²) >= 11 is 0. The highest BCUT2D eigenvalue weighted by Gasteiger charge is 2.26. The molecule has 11 aromatic rings. The van der Waals surface area contributed by atoms with Gasteiger partial charge in [0.05, 0.1) is 22.4 Å². The molecule has 0 spiro atoms. The second-order valence-corrected chi connectivity index (χ2v) is 14.9. The average Bonchev–Trinajstić information content (AvgIpc) is 3.62. The second kappa shape index (κ2) is 12.5. The summed E-state index contributed by atoms with van der Waals surface area (Å²) < 4.78 is 9.01. The largest absolute Gasteiger partial charge is 0.453 e. The van der Waals surface area contributed by atoms with Gasteiger partial charge >= 0.3 is 0 Å². The Labute approximate surface area is 329 Å². The standard InChI is InChI=1S/C54H34N2O/c1-2-15-39(16-3-1)55-50-23-10-11-24-53(50)57-54-33-38(26-30-51(54)55)36-14-12-13-35(31-36)37-25-28-47-46-21-8-9-22-49(46)56(52(47)32-37)40-27-29-45-43-19-5-4-17-41(43)42-18-6-7-20-44(42)48(45)34-40/h1-34H. The lowest BCUT2D eigenvalue weighted by atomic mass is 9.94. The van der Waals surface area contributed by atoms with E-state index >= 15 is 0 Å². The maximum absolute atomic E-state index is 6.57. The molecule has 0 aliphatic carbocycles. The number of hydrogen-bond donors (Lipinski definition) is 0. The molecule has 266 valence electrons. The van der Waals surface area contributed by atoms with Gasteiger partial charge in [-0.1, -0.05) is 140 Å². The van der Waals surface area contributed by atoms with E-state index in [2.05, 4.69) is 204 Å². The molecule has 1 aliphatic heterocycles. The molecule has 0 radical (unpaired) electrons. The van der Waals surface area contributed by atoms with Crippen molar-refractivity contribution in [1.29, 1.82) is 0 Å². The minimum atomic E-state index is 0.836. The van der Waals surface area contributed by atoms with E-state index in [4.69, 9.17) is 4.74 Å². The summed E-state index contributed by atoms with van der Waals surface area (Å²) in [5.41, 5.74) is 11.3. The highest BCUT2D eigenvalue weighted by atomic mass is 16.5. The molecule has 0 saturated carbocycles. The predicted molar refractivity (Wildman–Crippen MR) is 239 cm³/mol. The molecule has 1 aliphatic rings. The average molecular weight is 727 g/mol. The van der Waals surface area contributed by atoms with E-state index in [0.29, 0.717) is 0 Å². The van der Waals surface area contributed by atoms with E-state index in [1.165, 1.54) is 59.7 Å². The van der Waals surface area contributed by atoms with Crippen LogP contribution in [0.25, 0.3) is 82.1 Å². The Kier molecular flexibility index (Phi) is 6.93. The molecule has 1 aromatic heterocycles. The molecule has 0 saturated heterocycles. The van der Waals surface area contributed by atoms with E-state index in [-0.39, 0.29) is 0 Å². The van der Waals surface area contributed by atoms with Crippen molar-refractivity contribution in [3.8, 4) is 39.4 Å². The number of hydrogen-bond acceptors (Lipinski definition) is 2. The number of fused-ring (bicyclic) bond motifs is 11. The van der Waals surface area contributed by atoms with Crippen LogP contribution in [0.15, 0.2) is 206 Å². The molecule has 0 fully saturated rings. The predicted octanol–water partition coefficient (Wildman–Crippen LogP) is 15.2. The molecule has 12 rings (SSSR count). The smallest absolute Gasteiger partial charge is 0.152 e. The SMILES string of the molecule is c1ccc(N2c3ccccc3Oc3cc(-c4cccc(-c5ccc6c7ccccc7n(-c7ccc8c9ccccc9c9ccccc9c8c7)c6c5)c4)ccc32)cc1. The van der Waals surface area contributed by atoms with Crippen molar-refractivity contribution in [2.75, 3.05) is 4.90 Å². The molecule has 2 heterocycles. The van der Waals surface area contributed by atoms with Gasteiger partial charge in [0.25, 0.3) is 0 Å². The van der Waals surface area contributed by atoms with Crippen molar-refractivity contribution in [2.45, 2.75) is 0 Å². The van der Waals surface area contributed by atoms with E-state index in [0.717, 1.165) is 50.9 Å². The Morgan fingerprint density at radius 3 is 1.60 bits per heavy atom. The number of anilines is 3. The lowest BCUT2D eigenvalue weighted by Gasteiger charge is -2.33. The molecular formula is C54H34N2O. The number of nitrogens with zero attached hydrogens (tertiary/aromatic N) is 2. The van der Waals surface area contributed by atoms with Crippen molar-refractivity contribution >= 4 is 71.2 Å². The summed E-state index contributed by atoms with van der Waals surface area (Å²) in [5, 5.41) is 10.2. The van der Waals surface area contributed by atoms with Crippen LogP contribution in [0.2, 0.25) is 0 Å². The maximum atomic E-state index is 6.57. The third-order valence-electron chi connectivity index (χ3n) is 11.7. The van der Waals surface area contributed by atoms with E-state index in [1.807, 2.05) is 12.1 Å². The quantitative estimate of drug-likeness (QED) is 0.168. The van der Waals surface area contributed by atoms with Gasteiger partial charge in [0.15, 0.2) is 11.5 Å². The summed E-state index contributed by atoms with van der Waals surface area (Å²) in [7, 11) is 0. The molecule has 0 atom stereocenters.